The van der Waals surface area contributed by atoms with Crippen LogP contribution in [-0.4, -0.2) is 81.3 Å². The van der Waals surface area contributed by atoms with Crippen LogP contribution in [0.25, 0.3) is 0 Å². The standard InChI is InChI=1S/C12H28N4/c1-4-14(2)10-11-15(3)12-16-8-5-6-13-7-9-16/h13H,4-12H2,1-3H3. The lowest BCUT2D eigenvalue weighted by Gasteiger charge is -2.27. The van der Waals surface area contributed by atoms with Crippen LogP contribution in [0, 0.1) is 0 Å². The van der Waals surface area contributed by atoms with E-state index >= 15 is 0 Å². The van der Waals surface area contributed by atoms with E-state index in [9.17, 15) is 0 Å². The highest BCUT2D eigenvalue weighted by Crippen LogP contribution is 1.97. The van der Waals surface area contributed by atoms with Gasteiger partial charge in [0.2, 0.25) is 0 Å². The van der Waals surface area contributed by atoms with Crippen molar-refractivity contribution in [2.75, 3.05) is 66.6 Å². The molecule has 0 aromatic rings. The maximum absolute atomic E-state index is 3.44. The molecule has 1 heterocycles. The van der Waals surface area contributed by atoms with Crippen LogP contribution in [0.4, 0.5) is 0 Å². The monoisotopic (exact) mass is 228 g/mol. The Balaban J connectivity index is 2.14. The highest BCUT2D eigenvalue weighted by Gasteiger charge is 2.10. The lowest BCUT2D eigenvalue weighted by Crippen LogP contribution is -2.40. The van der Waals surface area contributed by atoms with Crippen molar-refractivity contribution in [3.05, 3.63) is 0 Å². The van der Waals surface area contributed by atoms with Gasteiger partial charge in [-0.1, -0.05) is 6.92 Å². The average Bonchev–Trinajstić information content (AvgIpc) is 2.54. The van der Waals surface area contributed by atoms with Gasteiger partial charge in [0, 0.05) is 32.7 Å². The normalized spacial score (nSPS) is 19.3. The predicted octanol–water partition coefficient (Wildman–Crippen LogP) is 0.123. The molecular formula is C12H28N4. The summed E-state index contributed by atoms with van der Waals surface area (Å²) < 4.78 is 0. The highest BCUT2D eigenvalue weighted by atomic mass is 15.3. The third-order valence-corrected chi connectivity index (χ3v) is 3.28. The van der Waals surface area contributed by atoms with Crippen LogP contribution in [0.3, 0.4) is 0 Å². The van der Waals surface area contributed by atoms with Gasteiger partial charge < -0.3 is 10.2 Å². The van der Waals surface area contributed by atoms with Crippen molar-refractivity contribution in [3.63, 3.8) is 0 Å². The van der Waals surface area contributed by atoms with Crippen LogP contribution >= 0.6 is 0 Å². The molecule has 1 aliphatic heterocycles. The summed E-state index contributed by atoms with van der Waals surface area (Å²) in [5.41, 5.74) is 0. The van der Waals surface area contributed by atoms with Crippen molar-refractivity contribution in [2.24, 2.45) is 0 Å². The SMILES string of the molecule is CCN(C)CCN(C)CN1CCCNCC1. The van der Waals surface area contributed by atoms with Gasteiger partial charge in [-0.3, -0.25) is 9.80 Å². The highest BCUT2D eigenvalue weighted by molar-refractivity contribution is 4.66. The van der Waals surface area contributed by atoms with Gasteiger partial charge in [-0.2, -0.15) is 0 Å². The third kappa shape index (κ3) is 5.80. The molecule has 0 atom stereocenters. The first-order valence-electron chi connectivity index (χ1n) is 6.52. The molecule has 0 bridgehead atoms. The van der Waals surface area contributed by atoms with Crippen molar-refractivity contribution in [3.8, 4) is 0 Å². The Morgan fingerprint density at radius 3 is 2.56 bits per heavy atom. The van der Waals surface area contributed by atoms with Gasteiger partial charge >= 0.3 is 0 Å². The van der Waals surface area contributed by atoms with Crippen LogP contribution in [0.5, 0.6) is 0 Å². The molecule has 0 unspecified atom stereocenters. The zero-order valence-electron chi connectivity index (χ0n) is 11.2. The van der Waals surface area contributed by atoms with Gasteiger partial charge in [-0.05, 0) is 33.6 Å². The molecule has 96 valence electrons. The van der Waals surface area contributed by atoms with Crippen LogP contribution in [0.2, 0.25) is 0 Å². The van der Waals surface area contributed by atoms with E-state index in [0.29, 0.717) is 0 Å². The molecule has 0 radical (unpaired) electrons. The molecular weight excluding hydrogens is 200 g/mol. The van der Waals surface area contributed by atoms with Crippen molar-refractivity contribution in [1.29, 1.82) is 0 Å². The van der Waals surface area contributed by atoms with E-state index in [1.807, 2.05) is 0 Å². The minimum absolute atomic E-state index is 1.11. The van der Waals surface area contributed by atoms with Crippen LogP contribution in [-0.2, 0) is 0 Å². The summed E-state index contributed by atoms with van der Waals surface area (Å²) >= 11 is 0. The summed E-state index contributed by atoms with van der Waals surface area (Å²) in [6.45, 7) is 11.5. The Bertz CT molecular complexity index is 166. The number of likely N-dealkylation sites (N-methyl/N-ethyl adjacent to an activating group) is 2. The minimum atomic E-state index is 1.11. The van der Waals surface area contributed by atoms with E-state index in [1.165, 1.54) is 32.6 Å². The van der Waals surface area contributed by atoms with E-state index in [4.69, 9.17) is 0 Å². The second-order valence-electron chi connectivity index (χ2n) is 4.84. The number of hydrogen-bond donors (Lipinski definition) is 1. The van der Waals surface area contributed by atoms with E-state index < -0.39 is 0 Å². The fourth-order valence-electron chi connectivity index (χ4n) is 1.95. The van der Waals surface area contributed by atoms with Crippen molar-refractivity contribution >= 4 is 0 Å². The fraction of sp³-hybridized carbons (Fsp3) is 1.00. The molecule has 4 nitrogen and oxygen atoms in total. The van der Waals surface area contributed by atoms with Crippen LogP contribution < -0.4 is 5.32 Å². The van der Waals surface area contributed by atoms with Gasteiger partial charge in [0.05, 0.1) is 6.67 Å². The summed E-state index contributed by atoms with van der Waals surface area (Å²) in [5, 5.41) is 3.44. The van der Waals surface area contributed by atoms with Crippen molar-refractivity contribution in [1.82, 2.24) is 20.0 Å². The molecule has 0 saturated carbocycles. The zero-order valence-corrected chi connectivity index (χ0v) is 11.2. The van der Waals surface area contributed by atoms with Gasteiger partial charge in [-0.25, -0.2) is 0 Å². The molecule has 0 aromatic carbocycles. The quantitative estimate of drug-likeness (QED) is 0.697. The Hall–Kier alpha value is -0.160. The van der Waals surface area contributed by atoms with Gasteiger partial charge in [0.1, 0.15) is 0 Å². The Labute approximate surface area is 101 Å². The second kappa shape index (κ2) is 8.01. The molecule has 16 heavy (non-hydrogen) atoms. The Morgan fingerprint density at radius 1 is 1.06 bits per heavy atom. The van der Waals surface area contributed by atoms with E-state index in [2.05, 4.69) is 41.0 Å². The molecule has 4 heteroatoms. The summed E-state index contributed by atoms with van der Waals surface area (Å²) in [4.78, 5) is 7.34. The Kier molecular flexibility index (Phi) is 6.96. The first kappa shape index (κ1) is 13.9. The largest absolute Gasteiger partial charge is 0.315 e. The van der Waals surface area contributed by atoms with E-state index in [0.717, 1.165) is 26.3 Å². The lowest BCUT2D eigenvalue weighted by molar-refractivity contribution is 0.150. The maximum Gasteiger partial charge on any atom is 0.0504 e. The molecule has 0 amide bonds. The smallest absolute Gasteiger partial charge is 0.0504 e. The number of rotatable bonds is 6. The molecule has 1 rings (SSSR count). The molecule has 0 aromatic heterocycles. The fourth-order valence-corrected chi connectivity index (χ4v) is 1.95. The summed E-state index contributed by atoms with van der Waals surface area (Å²) in [5.74, 6) is 0. The zero-order chi connectivity index (χ0) is 11.8. The third-order valence-electron chi connectivity index (χ3n) is 3.28. The molecule has 0 spiro atoms. The minimum Gasteiger partial charge on any atom is -0.315 e. The second-order valence-corrected chi connectivity index (χ2v) is 4.84. The van der Waals surface area contributed by atoms with Gasteiger partial charge in [0.25, 0.3) is 0 Å². The number of hydrogen-bond acceptors (Lipinski definition) is 4. The van der Waals surface area contributed by atoms with Crippen molar-refractivity contribution < 1.29 is 0 Å². The van der Waals surface area contributed by atoms with E-state index in [1.54, 1.807) is 0 Å². The first-order valence-corrected chi connectivity index (χ1v) is 6.52. The molecule has 0 aliphatic carbocycles. The summed E-state index contributed by atoms with van der Waals surface area (Å²) in [6.07, 6.45) is 1.28. The summed E-state index contributed by atoms with van der Waals surface area (Å²) in [7, 11) is 4.41. The van der Waals surface area contributed by atoms with Crippen LogP contribution in [0.1, 0.15) is 13.3 Å². The maximum atomic E-state index is 3.44. The Morgan fingerprint density at radius 2 is 1.81 bits per heavy atom. The van der Waals surface area contributed by atoms with E-state index in [-0.39, 0.29) is 0 Å². The molecule has 1 fully saturated rings. The average molecular weight is 228 g/mol. The number of nitrogens with zero attached hydrogens (tertiary/aromatic N) is 3. The lowest BCUT2D eigenvalue weighted by atomic mass is 10.4. The molecule has 1 saturated heterocycles. The molecule has 1 N–H and O–H groups in total. The van der Waals surface area contributed by atoms with Gasteiger partial charge in [0.15, 0.2) is 0 Å². The topological polar surface area (TPSA) is 21.8 Å². The van der Waals surface area contributed by atoms with Gasteiger partial charge in [-0.15, -0.1) is 0 Å². The predicted molar refractivity (Wildman–Crippen MR) is 69.7 cm³/mol. The number of nitrogens with one attached hydrogen (secondary N) is 1. The van der Waals surface area contributed by atoms with Crippen LogP contribution in [0.15, 0.2) is 0 Å². The summed E-state index contributed by atoms with van der Waals surface area (Å²) in [6, 6.07) is 0. The van der Waals surface area contributed by atoms with Crippen molar-refractivity contribution in [2.45, 2.75) is 13.3 Å². The first-order chi connectivity index (χ1) is 7.72. The molecule has 1 aliphatic rings.